The van der Waals surface area contributed by atoms with Crippen LogP contribution in [0.5, 0.6) is 0 Å². The summed E-state index contributed by atoms with van der Waals surface area (Å²) in [7, 11) is -3.28. The van der Waals surface area contributed by atoms with Crippen molar-refractivity contribution >= 4 is 15.7 Å². The van der Waals surface area contributed by atoms with Crippen LogP contribution in [0, 0.1) is 11.8 Å². The SMILES string of the molecule is CC(C)CS(=O)(=O)CC(=O)N(C1CC1)C(C)C(C)C. The maximum Gasteiger partial charge on any atom is 0.238 e. The van der Waals surface area contributed by atoms with Crippen LogP contribution < -0.4 is 0 Å². The van der Waals surface area contributed by atoms with E-state index in [0.717, 1.165) is 12.8 Å². The van der Waals surface area contributed by atoms with E-state index >= 15 is 0 Å². The summed E-state index contributed by atoms with van der Waals surface area (Å²) in [5, 5.41) is 0. The van der Waals surface area contributed by atoms with E-state index in [1.807, 2.05) is 25.7 Å². The van der Waals surface area contributed by atoms with Crippen molar-refractivity contribution in [2.75, 3.05) is 11.5 Å². The van der Waals surface area contributed by atoms with E-state index < -0.39 is 9.84 Å². The Bertz CT molecular complexity index is 410. The summed E-state index contributed by atoms with van der Waals surface area (Å²) in [4.78, 5) is 14.1. The summed E-state index contributed by atoms with van der Waals surface area (Å²) in [6.07, 6.45) is 2.01. The zero-order valence-electron chi connectivity index (χ0n) is 12.7. The van der Waals surface area contributed by atoms with Crippen molar-refractivity contribution in [3.05, 3.63) is 0 Å². The lowest BCUT2D eigenvalue weighted by molar-refractivity contribution is -0.131. The Morgan fingerprint density at radius 3 is 2.05 bits per heavy atom. The first kappa shape index (κ1) is 16.5. The molecule has 5 heteroatoms. The zero-order chi connectivity index (χ0) is 14.8. The Labute approximate surface area is 117 Å². The van der Waals surface area contributed by atoms with Crippen molar-refractivity contribution < 1.29 is 13.2 Å². The molecule has 0 aliphatic heterocycles. The highest BCUT2D eigenvalue weighted by atomic mass is 32.2. The summed E-state index contributed by atoms with van der Waals surface area (Å²) in [5.74, 6) is -0.0529. The van der Waals surface area contributed by atoms with Crippen molar-refractivity contribution in [3.8, 4) is 0 Å². The summed E-state index contributed by atoms with van der Waals surface area (Å²) in [6, 6.07) is 0.369. The summed E-state index contributed by atoms with van der Waals surface area (Å²) < 4.78 is 23.9. The zero-order valence-corrected chi connectivity index (χ0v) is 13.5. The molecule has 4 nitrogen and oxygen atoms in total. The van der Waals surface area contributed by atoms with Gasteiger partial charge in [0.1, 0.15) is 5.75 Å². The minimum atomic E-state index is -3.28. The third kappa shape index (κ3) is 5.13. The van der Waals surface area contributed by atoms with Crippen molar-refractivity contribution in [3.63, 3.8) is 0 Å². The summed E-state index contributed by atoms with van der Waals surface area (Å²) >= 11 is 0. The minimum absolute atomic E-state index is 0.0645. The average molecular weight is 289 g/mol. The largest absolute Gasteiger partial charge is 0.336 e. The molecule has 1 saturated carbocycles. The average Bonchev–Trinajstić information content (AvgIpc) is 2.98. The number of carbonyl (C=O) groups is 1. The van der Waals surface area contributed by atoms with Gasteiger partial charge in [-0.1, -0.05) is 27.7 Å². The fraction of sp³-hybridized carbons (Fsp3) is 0.929. The summed E-state index contributed by atoms with van der Waals surface area (Å²) in [6.45, 7) is 9.86. The molecule has 1 unspecified atom stereocenters. The standard InChI is InChI=1S/C14H27NO3S/c1-10(2)8-19(17,18)9-14(16)15(13-6-7-13)12(5)11(3)4/h10-13H,6-9H2,1-5H3. The van der Waals surface area contributed by atoms with Gasteiger partial charge in [0.2, 0.25) is 5.91 Å². The second-order valence-electron chi connectivity index (χ2n) is 6.47. The maximum absolute atomic E-state index is 12.3. The second kappa shape index (κ2) is 6.25. The first-order chi connectivity index (χ1) is 8.64. The molecule has 0 bridgehead atoms. The van der Waals surface area contributed by atoms with Crippen LogP contribution in [0.15, 0.2) is 0 Å². The first-order valence-corrected chi connectivity index (χ1v) is 8.97. The van der Waals surface area contributed by atoms with Gasteiger partial charge in [0, 0.05) is 12.1 Å². The Morgan fingerprint density at radius 1 is 1.16 bits per heavy atom. The maximum atomic E-state index is 12.3. The van der Waals surface area contributed by atoms with Crippen molar-refractivity contribution in [2.24, 2.45) is 11.8 Å². The molecule has 112 valence electrons. The Morgan fingerprint density at radius 2 is 1.68 bits per heavy atom. The number of hydrogen-bond acceptors (Lipinski definition) is 3. The third-order valence-corrected chi connectivity index (χ3v) is 5.42. The third-order valence-electron chi connectivity index (χ3n) is 3.56. The van der Waals surface area contributed by atoms with Crippen molar-refractivity contribution in [1.29, 1.82) is 0 Å². The van der Waals surface area contributed by atoms with Gasteiger partial charge in [-0.2, -0.15) is 0 Å². The van der Waals surface area contributed by atoms with Crippen LogP contribution >= 0.6 is 0 Å². The molecular formula is C14H27NO3S. The van der Waals surface area contributed by atoms with Gasteiger partial charge in [-0.15, -0.1) is 0 Å². The van der Waals surface area contributed by atoms with Gasteiger partial charge in [0.15, 0.2) is 9.84 Å². The lowest BCUT2D eigenvalue weighted by Crippen LogP contribution is -2.46. The van der Waals surface area contributed by atoms with Crippen LogP contribution in [0.2, 0.25) is 0 Å². The molecule has 0 saturated heterocycles. The molecule has 1 rings (SSSR count). The van der Waals surface area contributed by atoms with Gasteiger partial charge in [-0.25, -0.2) is 8.42 Å². The predicted molar refractivity (Wildman–Crippen MR) is 77.7 cm³/mol. The molecule has 1 aliphatic carbocycles. The molecule has 0 heterocycles. The van der Waals surface area contributed by atoms with Gasteiger partial charge in [-0.05, 0) is 31.6 Å². The van der Waals surface area contributed by atoms with Crippen LogP contribution in [-0.4, -0.2) is 42.8 Å². The Balaban J connectivity index is 2.73. The fourth-order valence-electron chi connectivity index (χ4n) is 2.27. The van der Waals surface area contributed by atoms with E-state index in [0.29, 0.717) is 5.92 Å². The van der Waals surface area contributed by atoms with E-state index in [4.69, 9.17) is 0 Å². The highest BCUT2D eigenvalue weighted by molar-refractivity contribution is 7.92. The highest BCUT2D eigenvalue weighted by Gasteiger charge is 2.37. The van der Waals surface area contributed by atoms with E-state index in [1.54, 1.807) is 0 Å². The lowest BCUT2D eigenvalue weighted by atomic mass is 10.0. The quantitative estimate of drug-likeness (QED) is 0.721. The van der Waals surface area contributed by atoms with Gasteiger partial charge in [0.25, 0.3) is 0 Å². The van der Waals surface area contributed by atoms with E-state index in [1.165, 1.54) is 0 Å². The molecule has 0 N–H and O–H groups in total. The molecule has 1 fully saturated rings. The predicted octanol–water partition coefficient (Wildman–Crippen LogP) is 2.09. The fourth-order valence-corrected chi connectivity index (χ4v) is 3.93. The molecule has 19 heavy (non-hydrogen) atoms. The van der Waals surface area contributed by atoms with E-state index in [-0.39, 0.29) is 35.4 Å². The van der Waals surface area contributed by atoms with Crippen LogP contribution in [0.3, 0.4) is 0 Å². The molecule has 0 aromatic rings. The van der Waals surface area contributed by atoms with Crippen LogP contribution in [0.4, 0.5) is 0 Å². The van der Waals surface area contributed by atoms with Gasteiger partial charge in [-0.3, -0.25) is 4.79 Å². The molecule has 0 aromatic heterocycles. The number of hydrogen-bond donors (Lipinski definition) is 0. The van der Waals surface area contributed by atoms with Crippen LogP contribution in [0.1, 0.15) is 47.5 Å². The molecule has 0 spiro atoms. The van der Waals surface area contributed by atoms with Gasteiger partial charge in [0.05, 0.1) is 5.75 Å². The monoisotopic (exact) mass is 289 g/mol. The summed E-state index contributed by atoms with van der Waals surface area (Å²) in [5.41, 5.74) is 0. The normalized spacial score (nSPS) is 17.8. The molecule has 1 atom stereocenters. The smallest absolute Gasteiger partial charge is 0.238 e. The van der Waals surface area contributed by atoms with Gasteiger partial charge < -0.3 is 4.90 Å². The van der Waals surface area contributed by atoms with Crippen molar-refractivity contribution in [2.45, 2.75) is 59.5 Å². The minimum Gasteiger partial charge on any atom is -0.336 e. The number of amides is 1. The molecule has 1 aliphatic rings. The van der Waals surface area contributed by atoms with Crippen molar-refractivity contribution in [1.82, 2.24) is 4.90 Å². The topological polar surface area (TPSA) is 54.5 Å². The number of carbonyl (C=O) groups excluding carboxylic acids is 1. The second-order valence-corrected chi connectivity index (χ2v) is 8.57. The van der Waals surface area contributed by atoms with E-state index in [2.05, 4.69) is 13.8 Å². The molecule has 0 radical (unpaired) electrons. The number of nitrogens with zero attached hydrogens (tertiary/aromatic N) is 1. The number of rotatable bonds is 7. The van der Waals surface area contributed by atoms with E-state index in [9.17, 15) is 13.2 Å². The van der Waals surface area contributed by atoms with Crippen LogP contribution in [0.25, 0.3) is 0 Å². The molecular weight excluding hydrogens is 262 g/mol. The highest BCUT2D eigenvalue weighted by Crippen LogP contribution is 2.31. The lowest BCUT2D eigenvalue weighted by Gasteiger charge is -2.32. The number of sulfone groups is 1. The van der Waals surface area contributed by atoms with Crippen LogP contribution in [-0.2, 0) is 14.6 Å². The Hall–Kier alpha value is -0.580. The molecule has 0 aromatic carbocycles. The first-order valence-electron chi connectivity index (χ1n) is 7.15. The molecule has 1 amide bonds. The Kier molecular flexibility index (Phi) is 5.42. The van der Waals surface area contributed by atoms with Gasteiger partial charge >= 0.3 is 0 Å².